The second kappa shape index (κ2) is 6.64. The van der Waals surface area contributed by atoms with Gasteiger partial charge in [0.05, 0.1) is 17.7 Å². The Bertz CT molecular complexity index is 1100. The van der Waals surface area contributed by atoms with Crippen LogP contribution >= 0.6 is 0 Å². The summed E-state index contributed by atoms with van der Waals surface area (Å²) in [6.07, 6.45) is 0. The molecule has 7 nitrogen and oxygen atoms in total. The van der Waals surface area contributed by atoms with Crippen LogP contribution in [0.5, 0.6) is 5.75 Å². The lowest BCUT2D eigenvalue weighted by Gasteiger charge is -2.21. The highest BCUT2D eigenvalue weighted by molar-refractivity contribution is 7.93. The Labute approximate surface area is 150 Å². The van der Waals surface area contributed by atoms with Crippen LogP contribution in [0, 0.1) is 10.1 Å². The van der Waals surface area contributed by atoms with E-state index >= 15 is 0 Å². The monoisotopic (exact) mass is 372 g/mol. The largest absolute Gasteiger partial charge is 0.495 e. The van der Waals surface area contributed by atoms with Gasteiger partial charge in [-0.3, -0.25) is 14.4 Å². The van der Waals surface area contributed by atoms with Crippen molar-refractivity contribution in [3.05, 3.63) is 70.8 Å². The summed E-state index contributed by atoms with van der Waals surface area (Å²) >= 11 is 0. The van der Waals surface area contributed by atoms with Crippen molar-refractivity contribution in [2.45, 2.75) is 4.90 Å². The second-order valence-corrected chi connectivity index (χ2v) is 7.53. The highest BCUT2D eigenvalue weighted by Gasteiger charge is 2.27. The van der Waals surface area contributed by atoms with Crippen LogP contribution in [-0.4, -0.2) is 27.5 Å². The lowest BCUT2D eigenvalue weighted by molar-refractivity contribution is -0.385. The number of non-ortho nitro benzene ring substituents is 1. The van der Waals surface area contributed by atoms with E-state index in [1.54, 1.807) is 12.1 Å². The maximum atomic E-state index is 13.0. The molecule has 8 heteroatoms. The van der Waals surface area contributed by atoms with E-state index in [2.05, 4.69) is 0 Å². The molecule has 0 spiro atoms. The van der Waals surface area contributed by atoms with E-state index in [4.69, 9.17) is 4.74 Å². The average Bonchev–Trinajstić information content (AvgIpc) is 2.66. The number of rotatable bonds is 5. The quantitative estimate of drug-likeness (QED) is 0.504. The van der Waals surface area contributed by atoms with Crippen molar-refractivity contribution in [3.8, 4) is 5.75 Å². The van der Waals surface area contributed by atoms with Crippen LogP contribution in [0.4, 0.5) is 11.4 Å². The average molecular weight is 372 g/mol. The fraction of sp³-hybridized carbons (Fsp3) is 0.111. The standard InChI is InChI=1S/C18H16N2O5S/c1-19(15-8-7-13-5-3-4-6-14(13)11-15)26(23,24)18-12-16(20(21)22)9-10-17(18)25-2/h3-12H,1-2H3. The van der Waals surface area contributed by atoms with Gasteiger partial charge < -0.3 is 4.74 Å². The van der Waals surface area contributed by atoms with Gasteiger partial charge >= 0.3 is 0 Å². The molecule has 0 amide bonds. The summed E-state index contributed by atoms with van der Waals surface area (Å²) in [5, 5.41) is 12.9. The van der Waals surface area contributed by atoms with Gasteiger partial charge in [0.25, 0.3) is 15.7 Å². The molecule has 0 N–H and O–H groups in total. The number of ether oxygens (including phenoxy) is 1. The van der Waals surface area contributed by atoms with E-state index in [1.165, 1.54) is 26.3 Å². The van der Waals surface area contributed by atoms with Crippen molar-refractivity contribution in [3.63, 3.8) is 0 Å². The first-order valence-corrected chi connectivity index (χ1v) is 9.09. The Balaban J connectivity index is 2.11. The third kappa shape index (κ3) is 3.06. The van der Waals surface area contributed by atoms with Crippen molar-refractivity contribution in [1.82, 2.24) is 0 Å². The summed E-state index contributed by atoms with van der Waals surface area (Å²) in [6, 6.07) is 16.3. The van der Waals surface area contributed by atoms with E-state index in [1.807, 2.05) is 30.3 Å². The molecule has 0 aliphatic carbocycles. The molecule has 0 bridgehead atoms. The van der Waals surface area contributed by atoms with Crippen molar-refractivity contribution >= 4 is 32.2 Å². The first kappa shape index (κ1) is 17.7. The van der Waals surface area contributed by atoms with E-state index in [9.17, 15) is 18.5 Å². The molecule has 0 radical (unpaired) electrons. The Morgan fingerprint density at radius 3 is 2.35 bits per heavy atom. The van der Waals surface area contributed by atoms with E-state index < -0.39 is 14.9 Å². The first-order valence-electron chi connectivity index (χ1n) is 7.65. The number of methoxy groups -OCH3 is 1. The van der Waals surface area contributed by atoms with Crippen molar-refractivity contribution in [2.24, 2.45) is 0 Å². The molecule has 0 atom stereocenters. The van der Waals surface area contributed by atoms with E-state index in [-0.39, 0.29) is 16.3 Å². The predicted octanol–water partition coefficient (Wildman–Crippen LogP) is 3.58. The van der Waals surface area contributed by atoms with Crippen LogP contribution in [0.25, 0.3) is 10.8 Å². The summed E-state index contributed by atoms with van der Waals surface area (Å²) in [4.78, 5) is 10.1. The van der Waals surface area contributed by atoms with Crippen LogP contribution in [0.2, 0.25) is 0 Å². The summed E-state index contributed by atoms with van der Waals surface area (Å²) < 4.78 is 32.3. The number of anilines is 1. The molecule has 3 aromatic carbocycles. The van der Waals surface area contributed by atoms with Crippen molar-refractivity contribution in [2.75, 3.05) is 18.5 Å². The van der Waals surface area contributed by atoms with Gasteiger partial charge in [-0.1, -0.05) is 30.3 Å². The SMILES string of the molecule is COc1ccc([N+](=O)[O-])cc1S(=O)(=O)N(C)c1ccc2ccccc2c1. The van der Waals surface area contributed by atoms with Gasteiger partial charge in [-0.05, 0) is 29.0 Å². The van der Waals surface area contributed by atoms with Gasteiger partial charge in [-0.2, -0.15) is 0 Å². The van der Waals surface area contributed by atoms with E-state index in [0.29, 0.717) is 5.69 Å². The minimum atomic E-state index is -4.06. The molecule has 0 aliphatic rings. The van der Waals surface area contributed by atoms with Crippen LogP contribution in [0.15, 0.2) is 65.6 Å². The summed E-state index contributed by atoms with van der Waals surface area (Å²) in [5.41, 5.74) is 0.119. The molecular weight excluding hydrogens is 356 g/mol. The van der Waals surface area contributed by atoms with Crippen molar-refractivity contribution in [1.29, 1.82) is 0 Å². The third-order valence-corrected chi connectivity index (χ3v) is 5.90. The van der Waals surface area contributed by atoms with Gasteiger partial charge in [-0.15, -0.1) is 0 Å². The summed E-state index contributed by atoms with van der Waals surface area (Å²) in [7, 11) is -1.34. The first-order chi connectivity index (χ1) is 12.3. The molecule has 0 fully saturated rings. The number of hydrogen-bond donors (Lipinski definition) is 0. The lowest BCUT2D eigenvalue weighted by atomic mass is 10.1. The maximum Gasteiger partial charge on any atom is 0.271 e. The zero-order chi connectivity index (χ0) is 18.9. The minimum Gasteiger partial charge on any atom is -0.495 e. The molecule has 26 heavy (non-hydrogen) atoms. The normalized spacial score (nSPS) is 11.3. The molecular formula is C18H16N2O5S. The molecule has 0 saturated carbocycles. The Morgan fingerprint density at radius 1 is 1.00 bits per heavy atom. The molecule has 3 rings (SSSR count). The topological polar surface area (TPSA) is 89.7 Å². The maximum absolute atomic E-state index is 13.0. The fourth-order valence-corrected chi connectivity index (χ4v) is 4.00. The Hall–Kier alpha value is -3.13. The molecule has 0 aliphatic heterocycles. The van der Waals surface area contributed by atoms with Crippen LogP contribution in [0.3, 0.4) is 0 Å². The third-order valence-electron chi connectivity index (χ3n) is 4.09. The molecule has 134 valence electrons. The number of sulfonamides is 1. The molecule has 0 unspecified atom stereocenters. The summed E-state index contributed by atoms with van der Waals surface area (Å²) in [5.74, 6) is 0.0447. The number of hydrogen-bond acceptors (Lipinski definition) is 5. The molecule has 0 aromatic heterocycles. The molecule has 0 saturated heterocycles. The lowest BCUT2D eigenvalue weighted by Crippen LogP contribution is -2.27. The zero-order valence-electron chi connectivity index (χ0n) is 14.1. The number of fused-ring (bicyclic) bond motifs is 1. The number of nitro benzene ring substituents is 1. The highest BCUT2D eigenvalue weighted by Crippen LogP contribution is 2.33. The van der Waals surface area contributed by atoms with Gasteiger partial charge in [0.15, 0.2) is 0 Å². The van der Waals surface area contributed by atoms with Crippen LogP contribution in [-0.2, 0) is 10.0 Å². The summed E-state index contributed by atoms with van der Waals surface area (Å²) in [6.45, 7) is 0. The number of nitro groups is 1. The fourth-order valence-electron chi connectivity index (χ4n) is 2.64. The Morgan fingerprint density at radius 2 is 1.69 bits per heavy atom. The van der Waals surface area contributed by atoms with Gasteiger partial charge in [0, 0.05) is 19.2 Å². The molecule has 3 aromatic rings. The highest BCUT2D eigenvalue weighted by atomic mass is 32.2. The van der Waals surface area contributed by atoms with Crippen LogP contribution < -0.4 is 9.04 Å². The molecule has 0 heterocycles. The Kier molecular flexibility index (Phi) is 4.52. The van der Waals surface area contributed by atoms with Gasteiger partial charge in [-0.25, -0.2) is 8.42 Å². The number of benzene rings is 3. The predicted molar refractivity (Wildman–Crippen MR) is 99.2 cm³/mol. The number of nitrogens with zero attached hydrogens (tertiary/aromatic N) is 2. The van der Waals surface area contributed by atoms with Crippen LogP contribution in [0.1, 0.15) is 0 Å². The second-order valence-electron chi connectivity index (χ2n) is 5.60. The van der Waals surface area contributed by atoms with Crippen molar-refractivity contribution < 1.29 is 18.1 Å². The van der Waals surface area contributed by atoms with E-state index in [0.717, 1.165) is 21.1 Å². The van der Waals surface area contributed by atoms with Gasteiger partial charge in [0.2, 0.25) is 0 Å². The minimum absolute atomic E-state index is 0.0447. The smallest absolute Gasteiger partial charge is 0.271 e. The zero-order valence-corrected chi connectivity index (χ0v) is 14.9. The van der Waals surface area contributed by atoms with Gasteiger partial charge in [0.1, 0.15) is 10.6 Å².